The Morgan fingerprint density at radius 1 is 1.15 bits per heavy atom. The fraction of sp³-hybridized carbons (Fsp3) is 0.409. The lowest BCUT2D eigenvalue weighted by atomic mass is 9.75. The minimum Gasteiger partial charge on any atom is -0.492 e. The summed E-state index contributed by atoms with van der Waals surface area (Å²) in [5, 5.41) is 10.2. The monoisotopic (exact) mass is 351 g/mol. The van der Waals surface area contributed by atoms with Crippen LogP contribution in [0.5, 0.6) is 5.75 Å². The first kappa shape index (κ1) is 17.1. The summed E-state index contributed by atoms with van der Waals surface area (Å²) < 4.78 is 5.72. The van der Waals surface area contributed by atoms with Crippen molar-refractivity contribution in [3.05, 3.63) is 65.2 Å². The van der Waals surface area contributed by atoms with Crippen LogP contribution in [-0.4, -0.2) is 42.2 Å². The van der Waals surface area contributed by atoms with Crippen LogP contribution in [0.1, 0.15) is 34.3 Å². The van der Waals surface area contributed by atoms with Gasteiger partial charge in [0.15, 0.2) is 0 Å². The Labute approximate surface area is 154 Å². The third kappa shape index (κ3) is 3.21. The molecule has 4 rings (SSSR count). The first-order valence-corrected chi connectivity index (χ1v) is 9.40. The van der Waals surface area contributed by atoms with Gasteiger partial charge in [0.05, 0.1) is 18.8 Å². The van der Waals surface area contributed by atoms with Gasteiger partial charge in [-0.2, -0.15) is 0 Å². The third-order valence-electron chi connectivity index (χ3n) is 5.65. The molecule has 4 nitrogen and oxygen atoms in total. The number of hydrogen-bond donors (Lipinski definition) is 1. The van der Waals surface area contributed by atoms with Gasteiger partial charge in [0.25, 0.3) is 5.91 Å². The molecule has 2 aliphatic heterocycles. The SMILES string of the molecule is O=C(c1cccc2c1OCC2)N1CCCC(CO)(Cc2ccccc2)C1. The van der Waals surface area contributed by atoms with E-state index in [-0.39, 0.29) is 17.9 Å². The second-order valence-corrected chi connectivity index (χ2v) is 7.54. The van der Waals surface area contributed by atoms with Crippen molar-refractivity contribution in [2.24, 2.45) is 5.41 Å². The minimum atomic E-state index is -0.270. The maximum atomic E-state index is 13.2. The average molecular weight is 351 g/mol. The molecule has 0 aromatic heterocycles. The van der Waals surface area contributed by atoms with Crippen molar-refractivity contribution < 1.29 is 14.6 Å². The summed E-state index contributed by atoms with van der Waals surface area (Å²) in [6.45, 7) is 2.06. The quantitative estimate of drug-likeness (QED) is 0.921. The summed E-state index contributed by atoms with van der Waals surface area (Å²) in [6.07, 6.45) is 3.50. The predicted molar refractivity (Wildman–Crippen MR) is 100 cm³/mol. The van der Waals surface area contributed by atoms with Gasteiger partial charge in [-0.25, -0.2) is 0 Å². The van der Waals surface area contributed by atoms with E-state index < -0.39 is 0 Å². The van der Waals surface area contributed by atoms with Crippen LogP contribution in [0.15, 0.2) is 48.5 Å². The van der Waals surface area contributed by atoms with Crippen molar-refractivity contribution in [3.8, 4) is 5.75 Å². The zero-order chi connectivity index (χ0) is 18.0. The molecule has 4 heteroatoms. The Balaban J connectivity index is 1.56. The number of para-hydroxylation sites is 1. The fourth-order valence-corrected chi connectivity index (χ4v) is 4.29. The molecule has 2 aromatic rings. The van der Waals surface area contributed by atoms with E-state index in [4.69, 9.17) is 4.74 Å². The first-order chi connectivity index (χ1) is 12.7. The van der Waals surface area contributed by atoms with Gasteiger partial charge in [-0.15, -0.1) is 0 Å². The molecule has 1 N–H and O–H groups in total. The van der Waals surface area contributed by atoms with E-state index in [0.717, 1.165) is 43.5 Å². The normalized spacial score (nSPS) is 22.0. The molecule has 0 bridgehead atoms. The number of likely N-dealkylation sites (tertiary alicyclic amines) is 1. The van der Waals surface area contributed by atoms with Gasteiger partial charge >= 0.3 is 0 Å². The van der Waals surface area contributed by atoms with Crippen LogP contribution in [0.25, 0.3) is 0 Å². The summed E-state index contributed by atoms with van der Waals surface area (Å²) >= 11 is 0. The van der Waals surface area contributed by atoms with E-state index in [0.29, 0.717) is 18.7 Å². The highest BCUT2D eigenvalue weighted by molar-refractivity contribution is 5.97. The van der Waals surface area contributed by atoms with Crippen molar-refractivity contribution in [1.82, 2.24) is 4.90 Å². The predicted octanol–water partition coefficient (Wildman–Crippen LogP) is 3.08. The topological polar surface area (TPSA) is 49.8 Å². The van der Waals surface area contributed by atoms with Crippen molar-refractivity contribution in [2.75, 3.05) is 26.3 Å². The zero-order valence-corrected chi connectivity index (χ0v) is 15.0. The van der Waals surface area contributed by atoms with Gasteiger partial charge in [0, 0.05) is 24.9 Å². The maximum absolute atomic E-state index is 13.2. The van der Waals surface area contributed by atoms with Crippen LogP contribution in [0.2, 0.25) is 0 Å². The maximum Gasteiger partial charge on any atom is 0.257 e. The van der Waals surface area contributed by atoms with Crippen molar-refractivity contribution in [1.29, 1.82) is 0 Å². The van der Waals surface area contributed by atoms with Crippen LogP contribution in [0, 0.1) is 5.41 Å². The second-order valence-electron chi connectivity index (χ2n) is 7.54. The highest BCUT2D eigenvalue weighted by Gasteiger charge is 2.38. The average Bonchev–Trinajstić information content (AvgIpc) is 3.17. The number of aliphatic hydroxyl groups is 1. The van der Waals surface area contributed by atoms with E-state index in [2.05, 4.69) is 12.1 Å². The summed E-state index contributed by atoms with van der Waals surface area (Å²) in [7, 11) is 0. The number of amides is 1. The lowest BCUT2D eigenvalue weighted by Gasteiger charge is -2.42. The van der Waals surface area contributed by atoms with Crippen LogP contribution in [0.4, 0.5) is 0 Å². The molecule has 0 radical (unpaired) electrons. The second kappa shape index (κ2) is 7.12. The van der Waals surface area contributed by atoms with Crippen LogP contribution in [0.3, 0.4) is 0 Å². The standard InChI is InChI=1S/C22H25NO3/c24-16-22(14-17-6-2-1-3-7-17)11-5-12-23(15-22)21(25)19-9-4-8-18-10-13-26-20(18)19/h1-4,6-9,24H,5,10-16H2. The van der Waals surface area contributed by atoms with Gasteiger partial charge < -0.3 is 14.7 Å². The summed E-state index contributed by atoms with van der Waals surface area (Å²) in [6, 6.07) is 16.1. The van der Waals surface area contributed by atoms with Crippen LogP contribution in [-0.2, 0) is 12.8 Å². The molecule has 136 valence electrons. The largest absolute Gasteiger partial charge is 0.492 e. The molecule has 1 atom stereocenters. The van der Waals surface area contributed by atoms with Crippen molar-refractivity contribution in [2.45, 2.75) is 25.7 Å². The number of rotatable bonds is 4. The van der Waals surface area contributed by atoms with Crippen molar-refractivity contribution >= 4 is 5.91 Å². The lowest BCUT2D eigenvalue weighted by molar-refractivity contribution is 0.0270. The minimum absolute atomic E-state index is 0.0225. The Bertz CT molecular complexity index is 789. The Morgan fingerprint density at radius 3 is 2.81 bits per heavy atom. The Kier molecular flexibility index (Phi) is 4.68. The molecule has 1 fully saturated rings. The number of ether oxygens (including phenoxy) is 1. The van der Waals surface area contributed by atoms with E-state index in [1.54, 1.807) is 0 Å². The number of hydrogen-bond acceptors (Lipinski definition) is 3. The third-order valence-corrected chi connectivity index (χ3v) is 5.65. The first-order valence-electron chi connectivity index (χ1n) is 9.40. The highest BCUT2D eigenvalue weighted by atomic mass is 16.5. The number of carbonyl (C=O) groups excluding carboxylic acids is 1. The molecule has 0 saturated carbocycles. The van der Waals surface area contributed by atoms with E-state index in [1.165, 1.54) is 5.56 Å². The van der Waals surface area contributed by atoms with Gasteiger partial charge in [-0.1, -0.05) is 42.5 Å². The summed E-state index contributed by atoms with van der Waals surface area (Å²) in [4.78, 5) is 15.1. The number of benzene rings is 2. The number of carbonyl (C=O) groups is 1. The van der Waals surface area contributed by atoms with Gasteiger partial charge in [-0.05, 0) is 36.5 Å². The number of fused-ring (bicyclic) bond motifs is 1. The van der Waals surface area contributed by atoms with Gasteiger partial charge in [-0.3, -0.25) is 4.79 Å². The van der Waals surface area contributed by atoms with E-state index in [1.807, 2.05) is 41.3 Å². The van der Waals surface area contributed by atoms with E-state index >= 15 is 0 Å². The molecule has 1 saturated heterocycles. The fourth-order valence-electron chi connectivity index (χ4n) is 4.29. The van der Waals surface area contributed by atoms with Gasteiger partial charge in [0.2, 0.25) is 0 Å². The molecule has 0 aliphatic carbocycles. The molecular weight excluding hydrogens is 326 g/mol. The van der Waals surface area contributed by atoms with Gasteiger partial charge in [0.1, 0.15) is 5.75 Å². The molecular formula is C22H25NO3. The Morgan fingerprint density at radius 2 is 2.00 bits per heavy atom. The highest BCUT2D eigenvalue weighted by Crippen LogP contribution is 2.36. The number of aliphatic hydroxyl groups excluding tert-OH is 1. The zero-order valence-electron chi connectivity index (χ0n) is 15.0. The molecule has 0 spiro atoms. The Hall–Kier alpha value is -2.33. The summed E-state index contributed by atoms with van der Waals surface area (Å²) in [5.41, 5.74) is 2.72. The van der Waals surface area contributed by atoms with Crippen LogP contribution >= 0.6 is 0 Å². The van der Waals surface area contributed by atoms with Crippen molar-refractivity contribution in [3.63, 3.8) is 0 Å². The van der Waals surface area contributed by atoms with E-state index in [9.17, 15) is 9.90 Å². The molecule has 1 unspecified atom stereocenters. The molecule has 1 amide bonds. The lowest BCUT2D eigenvalue weighted by Crippen LogP contribution is -2.49. The number of nitrogens with zero attached hydrogens (tertiary/aromatic N) is 1. The molecule has 2 aromatic carbocycles. The number of piperidine rings is 1. The smallest absolute Gasteiger partial charge is 0.257 e. The molecule has 2 aliphatic rings. The van der Waals surface area contributed by atoms with Crippen LogP contribution < -0.4 is 4.74 Å². The molecule has 2 heterocycles. The molecule has 26 heavy (non-hydrogen) atoms. The summed E-state index contributed by atoms with van der Waals surface area (Å²) in [5.74, 6) is 0.773.